The van der Waals surface area contributed by atoms with Gasteiger partial charge in [0.1, 0.15) is 0 Å². The van der Waals surface area contributed by atoms with Gasteiger partial charge in [0, 0.05) is 28.0 Å². The summed E-state index contributed by atoms with van der Waals surface area (Å²) >= 11 is 3.49. The number of benzene rings is 1. The van der Waals surface area contributed by atoms with Gasteiger partial charge in [-0.1, -0.05) is 12.1 Å². The summed E-state index contributed by atoms with van der Waals surface area (Å²) in [7, 11) is 0. The van der Waals surface area contributed by atoms with Crippen LogP contribution in [0.3, 0.4) is 0 Å². The van der Waals surface area contributed by atoms with Crippen LogP contribution in [0.1, 0.15) is 18.4 Å². The molecule has 1 aromatic heterocycles. The second kappa shape index (κ2) is 4.70. The van der Waals surface area contributed by atoms with Crippen molar-refractivity contribution >= 4 is 32.8 Å². The zero-order chi connectivity index (χ0) is 11.5. The van der Waals surface area contributed by atoms with E-state index in [2.05, 4.69) is 20.9 Å². The van der Waals surface area contributed by atoms with Gasteiger partial charge in [-0.15, -0.1) is 0 Å². The molecule has 3 nitrogen and oxygen atoms in total. The Morgan fingerprint density at radius 2 is 2.25 bits per heavy atom. The van der Waals surface area contributed by atoms with Crippen LogP contribution in [-0.4, -0.2) is 16.1 Å². The topological polar surface area (TPSA) is 53.1 Å². The SMILES string of the molecule is O=C(O)CCCc1cccc2[nH]cc(Br)c12. The van der Waals surface area contributed by atoms with Crippen molar-refractivity contribution in [1.29, 1.82) is 0 Å². The van der Waals surface area contributed by atoms with Gasteiger partial charge in [-0.2, -0.15) is 0 Å². The lowest BCUT2D eigenvalue weighted by Gasteiger charge is -2.02. The van der Waals surface area contributed by atoms with Crippen molar-refractivity contribution in [3.05, 3.63) is 34.4 Å². The normalized spacial score (nSPS) is 10.8. The summed E-state index contributed by atoms with van der Waals surface area (Å²) in [4.78, 5) is 13.6. The number of carbonyl (C=O) groups is 1. The third-order valence-corrected chi connectivity index (χ3v) is 3.21. The highest BCUT2D eigenvalue weighted by molar-refractivity contribution is 9.10. The molecule has 0 unspecified atom stereocenters. The molecule has 2 N–H and O–H groups in total. The first-order valence-corrected chi connectivity index (χ1v) is 5.94. The van der Waals surface area contributed by atoms with Gasteiger partial charge < -0.3 is 10.1 Å². The lowest BCUT2D eigenvalue weighted by molar-refractivity contribution is -0.137. The number of fused-ring (bicyclic) bond motifs is 1. The Bertz CT molecular complexity index is 519. The molecule has 1 aromatic carbocycles. The molecule has 0 aliphatic rings. The van der Waals surface area contributed by atoms with E-state index < -0.39 is 5.97 Å². The number of carboxylic acids is 1. The standard InChI is InChI=1S/C12H12BrNO2/c13-9-7-14-10-5-1-3-8(12(9)10)4-2-6-11(15)16/h1,3,5,7,14H,2,4,6H2,(H,15,16). The summed E-state index contributed by atoms with van der Waals surface area (Å²) in [6.45, 7) is 0. The third kappa shape index (κ3) is 2.27. The maximum absolute atomic E-state index is 10.5. The van der Waals surface area contributed by atoms with Crippen molar-refractivity contribution in [2.75, 3.05) is 0 Å². The Balaban J connectivity index is 2.23. The average Bonchev–Trinajstić information content (AvgIpc) is 2.61. The largest absolute Gasteiger partial charge is 0.481 e. The molecule has 0 fully saturated rings. The van der Waals surface area contributed by atoms with Crippen LogP contribution in [0.25, 0.3) is 10.9 Å². The molecule has 0 bridgehead atoms. The first kappa shape index (κ1) is 11.2. The first-order valence-electron chi connectivity index (χ1n) is 5.15. The molecule has 0 atom stereocenters. The highest BCUT2D eigenvalue weighted by Crippen LogP contribution is 2.27. The Kier molecular flexibility index (Phi) is 3.29. The fourth-order valence-electron chi connectivity index (χ4n) is 1.85. The van der Waals surface area contributed by atoms with Crippen LogP contribution >= 0.6 is 15.9 Å². The van der Waals surface area contributed by atoms with Crippen molar-refractivity contribution in [3.8, 4) is 0 Å². The van der Waals surface area contributed by atoms with E-state index in [-0.39, 0.29) is 6.42 Å². The smallest absolute Gasteiger partial charge is 0.303 e. The second-order valence-electron chi connectivity index (χ2n) is 3.72. The molecule has 0 spiro atoms. The summed E-state index contributed by atoms with van der Waals surface area (Å²) < 4.78 is 1.04. The van der Waals surface area contributed by atoms with Gasteiger partial charge in [-0.05, 0) is 40.4 Å². The summed E-state index contributed by atoms with van der Waals surface area (Å²) in [5.41, 5.74) is 2.27. The minimum Gasteiger partial charge on any atom is -0.481 e. The number of rotatable bonds is 4. The number of halogens is 1. The molecule has 0 aliphatic heterocycles. The van der Waals surface area contributed by atoms with E-state index >= 15 is 0 Å². The summed E-state index contributed by atoms with van der Waals surface area (Å²) in [5.74, 6) is -0.736. The van der Waals surface area contributed by atoms with E-state index in [0.29, 0.717) is 6.42 Å². The zero-order valence-corrected chi connectivity index (χ0v) is 10.3. The molecule has 4 heteroatoms. The fourth-order valence-corrected chi connectivity index (χ4v) is 2.44. The molecule has 0 aliphatic carbocycles. The van der Waals surface area contributed by atoms with E-state index in [9.17, 15) is 4.79 Å². The van der Waals surface area contributed by atoms with Gasteiger partial charge in [-0.25, -0.2) is 0 Å². The van der Waals surface area contributed by atoms with Crippen LogP contribution in [0.4, 0.5) is 0 Å². The molecule has 0 amide bonds. The Labute approximate surface area is 102 Å². The van der Waals surface area contributed by atoms with Crippen molar-refractivity contribution < 1.29 is 9.90 Å². The maximum Gasteiger partial charge on any atom is 0.303 e. The molecule has 0 saturated carbocycles. The van der Waals surface area contributed by atoms with Crippen LogP contribution in [0.2, 0.25) is 0 Å². The second-order valence-corrected chi connectivity index (χ2v) is 4.58. The quantitative estimate of drug-likeness (QED) is 0.903. The van der Waals surface area contributed by atoms with Gasteiger partial charge in [0.05, 0.1) is 0 Å². The summed E-state index contributed by atoms with van der Waals surface area (Å²) in [6.07, 6.45) is 3.59. The van der Waals surface area contributed by atoms with Gasteiger partial charge in [0.15, 0.2) is 0 Å². The van der Waals surface area contributed by atoms with Gasteiger partial charge in [-0.3, -0.25) is 4.79 Å². The predicted molar refractivity (Wildman–Crippen MR) is 66.6 cm³/mol. The Hall–Kier alpha value is -1.29. The highest BCUT2D eigenvalue weighted by Gasteiger charge is 2.06. The lowest BCUT2D eigenvalue weighted by atomic mass is 10.0. The molecular formula is C12H12BrNO2. The van der Waals surface area contributed by atoms with Gasteiger partial charge in [0.2, 0.25) is 0 Å². The number of aromatic amines is 1. The molecule has 2 aromatic rings. The average molecular weight is 282 g/mol. The van der Waals surface area contributed by atoms with Crippen LogP contribution < -0.4 is 0 Å². The third-order valence-electron chi connectivity index (χ3n) is 2.58. The van der Waals surface area contributed by atoms with E-state index in [1.807, 2.05) is 24.4 Å². The molecule has 0 radical (unpaired) electrons. The minimum absolute atomic E-state index is 0.221. The van der Waals surface area contributed by atoms with E-state index in [0.717, 1.165) is 21.8 Å². The number of aromatic nitrogens is 1. The van der Waals surface area contributed by atoms with Crippen molar-refractivity contribution in [1.82, 2.24) is 4.98 Å². The zero-order valence-electron chi connectivity index (χ0n) is 8.66. The fraction of sp³-hybridized carbons (Fsp3) is 0.250. The molecular weight excluding hydrogens is 270 g/mol. The first-order chi connectivity index (χ1) is 7.68. The number of aryl methyl sites for hydroxylation is 1. The van der Waals surface area contributed by atoms with E-state index in [4.69, 9.17) is 5.11 Å². The van der Waals surface area contributed by atoms with Crippen LogP contribution in [0.5, 0.6) is 0 Å². The number of hydrogen-bond acceptors (Lipinski definition) is 1. The van der Waals surface area contributed by atoms with Gasteiger partial charge in [0.25, 0.3) is 0 Å². The predicted octanol–water partition coefficient (Wildman–Crippen LogP) is 3.34. The minimum atomic E-state index is -0.736. The number of H-pyrrole nitrogens is 1. The van der Waals surface area contributed by atoms with Crippen molar-refractivity contribution in [2.24, 2.45) is 0 Å². The highest BCUT2D eigenvalue weighted by atomic mass is 79.9. The Morgan fingerprint density at radius 1 is 1.44 bits per heavy atom. The summed E-state index contributed by atoms with van der Waals surface area (Å²) in [6, 6.07) is 6.05. The molecule has 84 valence electrons. The van der Waals surface area contributed by atoms with Crippen LogP contribution in [0, 0.1) is 0 Å². The van der Waals surface area contributed by atoms with Gasteiger partial charge >= 0.3 is 5.97 Å². The maximum atomic E-state index is 10.5. The van der Waals surface area contributed by atoms with Crippen molar-refractivity contribution in [3.63, 3.8) is 0 Å². The summed E-state index contributed by atoms with van der Waals surface area (Å²) in [5, 5.41) is 9.76. The molecule has 0 saturated heterocycles. The number of carboxylic acid groups (broad SMARTS) is 1. The number of nitrogens with one attached hydrogen (secondary N) is 1. The molecule has 2 rings (SSSR count). The molecule has 1 heterocycles. The van der Waals surface area contributed by atoms with Crippen LogP contribution in [-0.2, 0) is 11.2 Å². The van der Waals surface area contributed by atoms with Crippen LogP contribution in [0.15, 0.2) is 28.9 Å². The van der Waals surface area contributed by atoms with E-state index in [1.165, 1.54) is 5.56 Å². The molecule has 16 heavy (non-hydrogen) atoms. The number of aliphatic carboxylic acids is 1. The van der Waals surface area contributed by atoms with E-state index in [1.54, 1.807) is 0 Å². The Morgan fingerprint density at radius 3 is 3.00 bits per heavy atom. The van der Waals surface area contributed by atoms with Crippen molar-refractivity contribution in [2.45, 2.75) is 19.3 Å². The number of hydrogen-bond donors (Lipinski definition) is 2. The lowest BCUT2D eigenvalue weighted by Crippen LogP contribution is -1.96. The monoisotopic (exact) mass is 281 g/mol.